The van der Waals surface area contributed by atoms with E-state index < -0.39 is 0 Å². The Labute approximate surface area is 110 Å². The predicted octanol–water partition coefficient (Wildman–Crippen LogP) is 2.11. The number of rotatable bonds is 7. The number of carbonyl (C=O) groups excluding carboxylic acids is 1. The average molecular weight is 248 g/mol. The van der Waals surface area contributed by atoms with Gasteiger partial charge in [0.1, 0.15) is 0 Å². The van der Waals surface area contributed by atoms with Crippen molar-refractivity contribution in [1.29, 1.82) is 0 Å². The zero-order valence-corrected chi connectivity index (χ0v) is 11.4. The van der Waals surface area contributed by atoms with Crippen molar-refractivity contribution >= 4 is 5.91 Å². The minimum atomic E-state index is -0.0479. The molecule has 0 aliphatic rings. The van der Waals surface area contributed by atoms with E-state index in [2.05, 4.69) is 24.4 Å². The molecular weight excluding hydrogens is 224 g/mol. The molecule has 0 spiro atoms. The highest BCUT2D eigenvalue weighted by Crippen LogP contribution is 2.07. The number of benzene rings is 1. The van der Waals surface area contributed by atoms with Crippen LogP contribution in [0.25, 0.3) is 0 Å². The Balaban J connectivity index is 2.44. The number of amides is 1. The van der Waals surface area contributed by atoms with Crippen LogP contribution in [-0.2, 0) is 11.2 Å². The summed E-state index contributed by atoms with van der Waals surface area (Å²) in [5.74, 6) is 0.0380. The van der Waals surface area contributed by atoms with Gasteiger partial charge in [0.15, 0.2) is 0 Å². The van der Waals surface area contributed by atoms with Crippen molar-refractivity contribution in [3.8, 4) is 0 Å². The molecule has 3 heteroatoms. The van der Waals surface area contributed by atoms with Gasteiger partial charge in [-0.1, -0.05) is 43.7 Å². The van der Waals surface area contributed by atoms with Gasteiger partial charge < -0.3 is 11.1 Å². The molecule has 0 saturated heterocycles. The monoisotopic (exact) mass is 248 g/mol. The van der Waals surface area contributed by atoms with E-state index in [0.29, 0.717) is 6.54 Å². The zero-order chi connectivity index (χ0) is 13.4. The van der Waals surface area contributed by atoms with E-state index in [0.717, 1.165) is 19.3 Å². The molecule has 100 valence electrons. The maximum Gasteiger partial charge on any atom is 0.224 e. The van der Waals surface area contributed by atoms with Crippen LogP contribution in [0.3, 0.4) is 0 Å². The molecule has 0 heterocycles. The molecule has 18 heavy (non-hydrogen) atoms. The Morgan fingerprint density at radius 3 is 2.56 bits per heavy atom. The van der Waals surface area contributed by atoms with Gasteiger partial charge in [0, 0.05) is 12.6 Å². The standard InChI is InChI=1S/C15H24N2O/c1-3-7-14(11-16)15(18)17-12(2)10-13-8-5-4-6-9-13/h4-6,8-9,12,14H,3,7,10-11,16H2,1-2H3,(H,17,18). The first-order valence-electron chi connectivity index (χ1n) is 6.71. The molecular formula is C15H24N2O. The van der Waals surface area contributed by atoms with E-state index in [4.69, 9.17) is 5.73 Å². The molecule has 0 aliphatic carbocycles. The van der Waals surface area contributed by atoms with Gasteiger partial charge in [-0.05, 0) is 25.3 Å². The maximum absolute atomic E-state index is 12.0. The molecule has 3 nitrogen and oxygen atoms in total. The second kappa shape index (κ2) is 7.88. The smallest absolute Gasteiger partial charge is 0.224 e. The fourth-order valence-corrected chi connectivity index (χ4v) is 2.08. The normalized spacial score (nSPS) is 13.9. The van der Waals surface area contributed by atoms with Gasteiger partial charge in [-0.25, -0.2) is 0 Å². The first-order chi connectivity index (χ1) is 8.67. The molecule has 1 aromatic rings. The Kier molecular flexibility index (Phi) is 6.44. The van der Waals surface area contributed by atoms with Gasteiger partial charge in [-0.2, -0.15) is 0 Å². The van der Waals surface area contributed by atoms with E-state index >= 15 is 0 Å². The lowest BCUT2D eigenvalue weighted by molar-refractivity contribution is -0.125. The summed E-state index contributed by atoms with van der Waals surface area (Å²) in [5.41, 5.74) is 6.87. The number of nitrogens with two attached hydrogens (primary N) is 1. The third-order valence-corrected chi connectivity index (χ3v) is 3.07. The third kappa shape index (κ3) is 4.88. The lowest BCUT2D eigenvalue weighted by Crippen LogP contribution is -2.40. The molecule has 2 atom stereocenters. The third-order valence-electron chi connectivity index (χ3n) is 3.07. The molecule has 0 saturated carbocycles. The van der Waals surface area contributed by atoms with Crippen LogP contribution in [0, 0.1) is 5.92 Å². The van der Waals surface area contributed by atoms with Crippen molar-refractivity contribution in [2.24, 2.45) is 11.7 Å². The SMILES string of the molecule is CCCC(CN)C(=O)NC(C)Cc1ccccc1. The molecule has 2 unspecified atom stereocenters. The average Bonchev–Trinajstić information content (AvgIpc) is 2.36. The van der Waals surface area contributed by atoms with Crippen LogP contribution in [-0.4, -0.2) is 18.5 Å². The summed E-state index contributed by atoms with van der Waals surface area (Å²) in [5, 5.41) is 3.05. The highest BCUT2D eigenvalue weighted by molar-refractivity contribution is 5.79. The van der Waals surface area contributed by atoms with Crippen molar-refractivity contribution in [2.75, 3.05) is 6.54 Å². The maximum atomic E-state index is 12.0. The first-order valence-corrected chi connectivity index (χ1v) is 6.71. The van der Waals surface area contributed by atoms with Crippen LogP contribution < -0.4 is 11.1 Å². The van der Waals surface area contributed by atoms with Crippen LogP contribution in [0.15, 0.2) is 30.3 Å². The van der Waals surface area contributed by atoms with Crippen LogP contribution in [0.2, 0.25) is 0 Å². The molecule has 1 rings (SSSR count). The Morgan fingerprint density at radius 1 is 1.33 bits per heavy atom. The highest BCUT2D eigenvalue weighted by Gasteiger charge is 2.17. The molecule has 1 aromatic carbocycles. The van der Waals surface area contributed by atoms with Crippen molar-refractivity contribution in [2.45, 2.75) is 39.2 Å². The highest BCUT2D eigenvalue weighted by atomic mass is 16.1. The largest absolute Gasteiger partial charge is 0.353 e. The summed E-state index contributed by atoms with van der Waals surface area (Å²) in [6.07, 6.45) is 2.71. The summed E-state index contributed by atoms with van der Waals surface area (Å²) in [4.78, 5) is 12.0. The molecule has 0 aliphatic heterocycles. The summed E-state index contributed by atoms with van der Waals surface area (Å²) >= 11 is 0. The minimum absolute atomic E-state index is 0.0479. The number of carbonyl (C=O) groups is 1. The van der Waals surface area contributed by atoms with Gasteiger partial charge in [-0.3, -0.25) is 4.79 Å². The van der Waals surface area contributed by atoms with Gasteiger partial charge in [-0.15, -0.1) is 0 Å². The number of hydrogen-bond donors (Lipinski definition) is 2. The fraction of sp³-hybridized carbons (Fsp3) is 0.533. The van der Waals surface area contributed by atoms with Crippen LogP contribution >= 0.6 is 0 Å². The van der Waals surface area contributed by atoms with E-state index in [1.807, 2.05) is 25.1 Å². The van der Waals surface area contributed by atoms with Crippen molar-refractivity contribution in [3.05, 3.63) is 35.9 Å². The number of hydrogen-bond acceptors (Lipinski definition) is 2. The molecule has 1 amide bonds. The van der Waals surface area contributed by atoms with Crippen LogP contribution in [0.4, 0.5) is 0 Å². The second-order valence-electron chi connectivity index (χ2n) is 4.82. The summed E-state index contributed by atoms with van der Waals surface area (Å²) in [6.45, 7) is 4.53. The van der Waals surface area contributed by atoms with E-state index in [-0.39, 0.29) is 17.9 Å². The molecule has 3 N–H and O–H groups in total. The van der Waals surface area contributed by atoms with Gasteiger partial charge in [0.2, 0.25) is 5.91 Å². The van der Waals surface area contributed by atoms with Crippen LogP contribution in [0.5, 0.6) is 0 Å². The minimum Gasteiger partial charge on any atom is -0.353 e. The Bertz CT molecular complexity index is 351. The Morgan fingerprint density at radius 2 is 2.00 bits per heavy atom. The quantitative estimate of drug-likeness (QED) is 0.776. The fourth-order valence-electron chi connectivity index (χ4n) is 2.08. The van der Waals surface area contributed by atoms with E-state index in [9.17, 15) is 4.79 Å². The van der Waals surface area contributed by atoms with E-state index in [1.54, 1.807) is 0 Å². The van der Waals surface area contributed by atoms with Crippen molar-refractivity contribution in [3.63, 3.8) is 0 Å². The zero-order valence-electron chi connectivity index (χ0n) is 11.4. The second-order valence-corrected chi connectivity index (χ2v) is 4.82. The molecule has 0 bridgehead atoms. The molecule has 0 fully saturated rings. The van der Waals surface area contributed by atoms with Crippen molar-refractivity contribution < 1.29 is 4.79 Å². The Hall–Kier alpha value is -1.35. The topological polar surface area (TPSA) is 55.1 Å². The van der Waals surface area contributed by atoms with Crippen molar-refractivity contribution in [1.82, 2.24) is 5.32 Å². The van der Waals surface area contributed by atoms with E-state index in [1.165, 1.54) is 5.56 Å². The van der Waals surface area contributed by atoms with Crippen LogP contribution in [0.1, 0.15) is 32.3 Å². The molecule has 0 radical (unpaired) electrons. The summed E-state index contributed by atoms with van der Waals surface area (Å²) in [6, 6.07) is 10.3. The summed E-state index contributed by atoms with van der Waals surface area (Å²) in [7, 11) is 0. The molecule has 0 aromatic heterocycles. The van der Waals surface area contributed by atoms with Gasteiger partial charge in [0.05, 0.1) is 5.92 Å². The van der Waals surface area contributed by atoms with Gasteiger partial charge in [0.25, 0.3) is 0 Å². The lowest BCUT2D eigenvalue weighted by atomic mass is 10.0. The van der Waals surface area contributed by atoms with Gasteiger partial charge >= 0.3 is 0 Å². The summed E-state index contributed by atoms with van der Waals surface area (Å²) < 4.78 is 0. The predicted molar refractivity (Wildman–Crippen MR) is 75.2 cm³/mol. The first kappa shape index (κ1) is 14.7. The lowest BCUT2D eigenvalue weighted by Gasteiger charge is -2.19. The number of nitrogens with one attached hydrogen (secondary N) is 1.